The van der Waals surface area contributed by atoms with Gasteiger partial charge in [-0.15, -0.1) is 5.10 Å². The zero-order valence-corrected chi connectivity index (χ0v) is 23.3. The molecule has 7 nitrogen and oxygen atoms in total. The van der Waals surface area contributed by atoms with Crippen molar-refractivity contribution in [1.82, 2.24) is 20.2 Å². The van der Waals surface area contributed by atoms with Crippen LogP contribution in [0.1, 0.15) is 77.2 Å². The number of aromatic nitrogens is 4. The van der Waals surface area contributed by atoms with Gasteiger partial charge >= 0.3 is 0 Å². The molecule has 1 aliphatic rings. The van der Waals surface area contributed by atoms with Gasteiger partial charge in [0.2, 0.25) is 5.91 Å². The van der Waals surface area contributed by atoms with Gasteiger partial charge in [0.05, 0.1) is 11.6 Å². The Kier molecular flexibility index (Phi) is 8.24. The van der Waals surface area contributed by atoms with Crippen molar-refractivity contribution in [3.8, 4) is 0 Å². The molecule has 2 aromatic carbocycles. The summed E-state index contributed by atoms with van der Waals surface area (Å²) in [4.78, 5) is 11.4. The van der Waals surface area contributed by atoms with Gasteiger partial charge in [-0.1, -0.05) is 81.5 Å². The molecular formula is C28H34Cl2N6O. The third kappa shape index (κ3) is 6.51. The molecule has 0 unspecified atom stereocenters. The van der Waals surface area contributed by atoms with Crippen molar-refractivity contribution in [2.45, 2.75) is 71.4 Å². The number of nitrogens with one attached hydrogen (secondary N) is 2. The lowest BCUT2D eigenvalue weighted by Gasteiger charge is -2.39. The summed E-state index contributed by atoms with van der Waals surface area (Å²) in [6.07, 6.45) is 9.33. The zero-order chi connectivity index (χ0) is 26.6. The molecule has 3 aromatic rings. The van der Waals surface area contributed by atoms with Gasteiger partial charge in [-0.05, 0) is 70.6 Å². The summed E-state index contributed by atoms with van der Waals surface area (Å²) >= 11 is 12.5. The number of carbonyl (C=O) groups excluding carboxylic acids is 1. The summed E-state index contributed by atoms with van der Waals surface area (Å²) < 4.78 is 1.96. The van der Waals surface area contributed by atoms with Crippen LogP contribution < -0.4 is 10.6 Å². The van der Waals surface area contributed by atoms with Gasteiger partial charge < -0.3 is 10.6 Å². The number of halogens is 2. The maximum Gasteiger partial charge on any atom is 0.221 e. The Morgan fingerprint density at radius 1 is 1.05 bits per heavy atom. The maximum absolute atomic E-state index is 11.4. The maximum atomic E-state index is 11.4. The van der Waals surface area contributed by atoms with Gasteiger partial charge in [0.1, 0.15) is 0 Å². The fourth-order valence-corrected chi connectivity index (χ4v) is 5.41. The third-order valence-electron chi connectivity index (χ3n) is 6.79. The number of allylic oxidation sites excluding steroid dienone is 1. The summed E-state index contributed by atoms with van der Waals surface area (Å²) in [6, 6.07) is 13.1. The van der Waals surface area contributed by atoms with E-state index in [0.29, 0.717) is 10.0 Å². The molecule has 4 rings (SSSR count). The second-order valence-corrected chi connectivity index (χ2v) is 11.7. The predicted molar refractivity (Wildman–Crippen MR) is 151 cm³/mol. The highest BCUT2D eigenvalue weighted by Gasteiger charge is 2.41. The van der Waals surface area contributed by atoms with Crippen LogP contribution >= 0.6 is 23.2 Å². The molecule has 196 valence electrons. The Morgan fingerprint density at radius 2 is 1.73 bits per heavy atom. The first-order chi connectivity index (χ1) is 17.6. The van der Waals surface area contributed by atoms with Crippen LogP contribution in [0.15, 0.2) is 48.5 Å². The smallest absolute Gasteiger partial charge is 0.221 e. The minimum Gasteiger partial charge on any atom is -0.373 e. The van der Waals surface area contributed by atoms with Crippen LogP contribution in [0.4, 0.5) is 11.4 Å². The molecule has 9 heteroatoms. The third-order valence-corrected chi connectivity index (χ3v) is 7.35. The fraction of sp³-hybridized carbons (Fsp3) is 0.429. The molecule has 1 heterocycles. The van der Waals surface area contributed by atoms with E-state index in [1.165, 1.54) is 13.3 Å². The molecule has 1 aromatic heterocycles. The van der Waals surface area contributed by atoms with E-state index < -0.39 is 5.54 Å². The van der Waals surface area contributed by atoms with Crippen molar-refractivity contribution in [2.24, 2.45) is 5.41 Å². The Hall–Kier alpha value is -2.90. The number of amides is 1. The van der Waals surface area contributed by atoms with Gasteiger partial charge in [-0.2, -0.15) is 0 Å². The van der Waals surface area contributed by atoms with Crippen molar-refractivity contribution in [2.75, 3.05) is 10.6 Å². The first-order valence-electron chi connectivity index (χ1n) is 12.6. The summed E-state index contributed by atoms with van der Waals surface area (Å²) in [6.45, 7) is 8.04. The molecule has 0 aliphatic heterocycles. The normalized spacial score (nSPS) is 16.5. The molecule has 1 fully saturated rings. The van der Waals surface area contributed by atoms with Crippen LogP contribution in [-0.4, -0.2) is 26.1 Å². The van der Waals surface area contributed by atoms with E-state index in [9.17, 15) is 4.79 Å². The van der Waals surface area contributed by atoms with Gasteiger partial charge in [0, 0.05) is 28.3 Å². The average Bonchev–Trinajstić information content (AvgIpc) is 3.31. The number of hydrogen-bond acceptors (Lipinski definition) is 5. The Balaban J connectivity index is 1.70. The molecule has 1 atom stereocenters. The monoisotopic (exact) mass is 540 g/mol. The van der Waals surface area contributed by atoms with Gasteiger partial charge in [-0.25, -0.2) is 4.68 Å². The van der Waals surface area contributed by atoms with Gasteiger partial charge in [-0.3, -0.25) is 4.79 Å². The molecule has 37 heavy (non-hydrogen) atoms. The lowest BCUT2D eigenvalue weighted by Crippen LogP contribution is -2.42. The van der Waals surface area contributed by atoms with Crippen LogP contribution in [0.5, 0.6) is 0 Å². The molecule has 0 radical (unpaired) electrons. The Morgan fingerprint density at radius 3 is 2.35 bits per heavy atom. The standard InChI is InChI=1S/C28H34Cl2N6O/c1-19(37)31-22-11-13-23(14-12-22)32-28(16-6-5-7-17-28)26-33-34-35-36(26)25(27(2,3)4)15-9-20-8-10-21(29)18-24(20)30/h8-15,18,25,32H,5-7,16-17H2,1-4H3,(H,31,37)/t25-/m0/s1. The number of nitrogens with zero attached hydrogens (tertiary/aromatic N) is 4. The van der Waals surface area contributed by atoms with Crippen molar-refractivity contribution in [3.05, 3.63) is 70.0 Å². The summed E-state index contributed by atoms with van der Waals surface area (Å²) in [5.74, 6) is 0.731. The number of benzene rings is 2. The van der Waals surface area contributed by atoms with E-state index in [0.717, 1.165) is 48.4 Å². The highest BCUT2D eigenvalue weighted by molar-refractivity contribution is 6.35. The minimum atomic E-state index is -0.410. The molecule has 1 saturated carbocycles. The van der Waals surface area contributed by atoms with Crippen molar-refractivity contribution >= 4 is 46.6 Å². The van der Waals surface area contributed by atoms with Crippen molar-refractivity contribution in [1.29, 1.82) is 0 Å². The molecule has 0 spiro atoms. The highest BCUT2D eigenvalue weighted by atomic mass is 35.5. The first-order valence-corrected chi connectivity index (χ1v) is 13.4. The number of tetrazole rings is 1. The first kappa shape index (κ1) is 27.1. The number of rotatable bonds is 7. The van der Waals surface area contributed by atoms with Gasteiger partial charge in [0.25, 0.3) is 0 Å². The Bertz CT molecular complexity index is 1260. The molecule has 0 saturated heterocycles. The van der Waals surface area contributed by atoms with Crippen LogP contribution in [-0.2, 0) is 10.3 Å². The second-order valence-electron chi connectivity index (χ2n) is 10.8. The number of carbonyl (C=O) groups is 1. The fourth-order valence-electron chi connectivity index (χ4n) is 4.94. The summed E-state index contributed by atoms with van der Waals surface area (Å²) in [5.41, 5.74) is 2.03. The van der Waals surface area contributed by atoms with Crippen LogP contribution in [0.25, 0.3) is 6.08 Å². The average molecular weight is 542 g/mol. The van der Waals surface area contributed by atoms with Crippen molar-refractivity contribution in [3.63, 3.8) is 0 Å². The Labute approximate surface area is 228 Å². The van der Waals surface area contributed by atoms with E-state index in [2.05, 4.69) is 53.0 Å². The molecule has 1 aliphatic carbocycles. The molecule has 2 N–H and O–H groups in total. The van der Waals surface area contributed by atoms with E-state index in [4.69, 9.17) is 23.2 Å². The van der Waals surface area contributed by atoms with Gasteiger partial charge in [0.15, 0.2) is 5.82 Å². The largest absolute Gasteiger partial charge is 0.373 e. The lowest BCUT2D eigenvalue weighted by atomic mass is 9.79. The second kappa shape index (κ2) is 11.2. The number of hydrogen-bond donors (Lipinski definition) is 2. The van der Waals surface area contributed by atoms with Crippen LogP contribution in [0.3, 0.4) is 0 Å². The zero-order valence-electron chi connectivity index (χ0n) is 21.8. The summed E-state index contributed by atoms with van der Waals surface area (Å²) in [5, 5.41) is 21.0. The predicted octanol–water partition coefficient (Wildman–Crippen LogP) is 7.51. The van der Waals surface area contributed by atoms with Crippen molar-refractivity contribution < 1.29 is 4.79 Å². The highest BCUT2D eigenvalue weighted by Crippen LogP contribution is 2.42. The van der Waals surface area contributed by atoms with E-state index in [-0.39, 0.29) is 17.4 Å². The summed E-state index contributed by atoms with van der Waals surface area (Å²) in [7, 11) is 0. The lowest BCUT2D eigenvalue weighted by molar-refractivity contribution is -0.114. The van der Waals surface area contributed by atoms with E-state index in [1.54, 1.807) is 6.07 Å². The SMILES string of the molecule is CC(=O)Nc1ccc(NC2(c3nnnn3[C@@H](C=Cc3ccc(Cl)cc3Cl)C(C)(C)C)CCCCC2)cc1. The number of anilines is 2. The van der Waals surface area contributed by atoms with Crippen LogP contribution in [0.2, 0.25) is 10.0 Å². The van der Waals surface area contributed by atoms with E-state index in [1.807, 2.05) is 47.2 Å². The quantitative estimate of drug-likeness (QED) is 0.323. The topological polar surface area (TPSA) is 84.7 Å². The molecule has 0 bridgehead atoms. The van der Waals surface area contributed by atoms with E-state index >= 15 is 0 Å². The molecular weight excluding hydrogens is 507 g/mol. The minimum absolute atomic E-state index is 0.0928. The molecule has 1 amide bonds. The van der Waals surface area contributed by atoms with Crippen LogP contribution in [0, 0.1) is 5.41 Å².